The largest absolute Gasteiger partial charge is 0.339 e. The van der Waals surface area contributed by atoms with E-state index in [1.54, 1.807) is 41.1 Å². The smallest absolute Gasteiger partial charge is 0.251 e. The number of aromatic nitrogens is 2. The number of hydrogen-bond donors (Lipinski definition) is 2. The number of aryl methyl sites for hydroxylation is 1. The van der Waals surface area contributed by atoms with Gasteiger partial charge in [0.15, 0.2) is 0 Å². The van der Waals surface area contributed by atoms with Gasteiger partial charge in [-0.05, 0) is 48.9 Å². The molecule has 2 unspecified atom stereocenters. The number of amides is 2. The zero-order valence-corrected chi connectivity index (χ0v) is 17.8. The van der Waals surface area contributed by atoms with Gasteiger partial charge >= 0.3 is 0 Å². The molecule has 5 rings (SSSR count). The number of halogens is 1. The molecular formula is C26H21FN4O2. The molecule has 2 amide bonds. The Morgan fingerprint density at radius 2 is 1.61 bits per heavy atom. The Labute approximate surface area is 190 Å². The predicted octanol–water partition coefficient (Wildman–Crippen LogP) is 4.20. The second-order valence-corrected chi connectivity index (χ2v) is 7.93. The summed E-state index contributed by atoms with van der Waals surface area (Å²) in [6.07, 6.45) is 0. The molecule has 1 aliphatic heterocycles. The molecule has 6 nitrogen and oxygen atoms in total. The van der Waals surface area contributed by atoms with E-state index in [-0.39, 0.29) is 17.6 Å². The molecule has 0 fully saturated rings. The van der Waals surface area contributed by atoms with E-state index in [0.717, 1.165) is 11.3 Å². The van der Waals surface area contributed by atoms with Gasteiger partial charge in [0.05, 0.1) is 11.4 Å². The summed E-state index contributed by atoms with van der Waals surface area (Å²) < 4.78 is 15.4. The number of hydrogen-bond acceptors (Lipinski definition) is 3. The van der Waals surface area contributed by atoms with Crippen molar-refractivity contribution < 1.29 is 14.0 Å². The lowest BCUT2D eigenvalue weighted by Gasteiger charge is -2.32. The quantitative estimate of drug-likeness (QED) is 0.499. The molecule has 164 valence electrons. The van der Waals surface area contributed by atoms with Crippen molar-refractivity contribution in [3.63, 3.8) is 0 Å². The van der Waals surface area contributed by atoms with Gasteiger partial charge in [-0.3, -0.25) is 9.59 Å². The minimum atomic E-state index is -0.900. The topological polar surface area (TPSA) is 76.0 Å². The number of nitrogens with zero attached hydrogens (tertiary/aromatic N) is 2. The Morgan fingerprint density at radius 1 is 0.970 bits per heavy atom. The highest BCUT2D eigenvalue weighted by Crippen LogP contribution is 2.40. The summed E-state index contributed by atoms with van der Waals surface area (Å²) in [5.74, 6) is -1.10. The van der Waals surface area contributed by atoms with Crippen molar-refractivity contribution in [2.24, 2.45) is 0 Å². The highest BCUT2D eigenvalue weighted by molar-refractivity contribution is 6.04. The number of rotatable bonds is 4. The number of benzene rings is 3. The van der Waals surface area contributed by atoms with Crippen molar-refractivity contribution in [3.8, 4) is 5.69 Å². The van der Waals surface area contributed by atoms with Crippen molar-refractivity contribution in [2.75, 3.05) is 5.32 Å². The van der Waals surface area contributed by atoms with Gasteiger partial charge in [-0.1, -0.05) is 48.5 Å². The molecule has 0 aliphatic carbocycles. The first-order valence-electron chi connectivity index (χ1n) is 10.6. The maximum atomic E-state index is 13.7. The van der Waals surface area contributed by atoms with E-state index < -0.39 is 12.0 Å². The number of carbonyl (C=O) groups excluding carboxylic acids is 2. The molecular weight excluding hydrogens is 419 g/mol. The SMILES string of the molecule is Cc1nn(-c2ccccc2)c2c1C(c1ccc(F)cc1)C(NC(=O)c1ccccc1)C(=O)N2. The number of carbonyl (C=O) groups is 2. The average molecular weight is 440 g/mol. The molecule has 1 aromatic heterocycles. The van der Waals surface area contributed by atoms with Crippen LogP contribution >= 0.6 is 0 Å². The molecule has 0 spiro atoms. The minimum absolute atomic E-state index is 0.362. The normalized spacial score (nSPS) is 17.2. The Morgan fingerprint density at radius 3 is 2.27 bits per heavy atom. The Hall–Kier alpha value is -4.26. The van der Waals surface area contributed by atoms with Crippen LogP contribution in [-0.4, -0.2) is 27.6 Å². The predicted molar refractivity (Wildman–Crippen MR) is 123 cm³/mol. The molecule has 4 aromatic rings. The molecule has 1 aliphatic rings. The first kappa shape index (κ1) is 20.6. The summed E-state index contributed by atoms with van der Waals surface area (Å²) in [7, 11) is 0. The Bertz CT molecular complexity index is 1320. The highest BCUT2D eigenvalue weighted by atomic mass is 19.1. The van der Waals surface area contributed by atoms with Crippen LogP contribution in [0.25, 0.3) is 5.69 Å². The van der Waals surface area contributed by atoms with Crippen LogP contribution in [0.5, 0.6) is 0 Å². The summed E-state index contributed by atoms with van der Waals surface area (Å²) in [6.45, 7) is 1.86. The second kappa shape index (κ2) is 8.35. The van der Waals surface area contributed by atoms with Gasteiger partial charge in [0.1, 0.15) is 17.7 Å². The molecule has 2 heterocycles. The summed E-state index contributed by atoms with van der Waals surface area (Å²) in [5.41, 5.74) is 3.45. The van der Waals surface area contributed by atoms with Crippen molar-refractivity contribution in [3.05, 3.63) is 113 Å². The van der Waals surface area contributed by atoms with Crippen molar-refractivity contribution in [1.82, 2.24) is 15.1 Å². The van der Waals surface area contributed by atoms with E-state index in [2.05, 4.69) is 15.7 Å². The summed E-state index contributed by atoms with van der Waals surface area (Å²) in [5, 5.41) is 10.5. The Kier molecular flexibility index (Phi) is 5.22. The maximum absolute atomic E-state index is 13.7. The molecule has 0 saturated heterocycles. The molecule has 0 saturated carbocycles. The van der Waals surface area contributed by atoms with Crippen LogP contribution in [-0.2, 0) is 4.79 Å². The fraction of sp³-hybridized carbons (Fsp3) is 0.115. The molecule has 0 bridgehead atoms. The van der Waals surface area contributed by atoms with Gasteiger partial charge in [-0.2, -0.15) is 5.10 Å². The molecule has 2 N–H and O–H groups in total. The van der Waals surface area contributed by atoms with Gasteiger partial charge in [-0.25, -0.2) is 9.07 Å². The standard InChI is InChI=1S/C26H21FN4O2/c1-16-21-22(17-12-14-19(27)15-13-17)23(28-25(32)18-8-4-2-5-9-18)26(33)29-24(21)31(30-16)20-10-6-3-7-11-20/h2-15,22-23H,1H3,(H,28,32)(H,29,33). The van der Waals surface area contributed by atoms with Crippen LogP contribution in [0.15, 0.2) is 84.9 Å². The van der Waals surface area contributed by atoms with Crippen LogP contribution < -0.4 is 10.6 Å². The maximum Gasteiger partial charge on any atom is 0.251 e. The zero-order chi connectivity index (χ0) is 22.9. The van der Waals surface area contributed by atoms with Gasteiger partial charge in [0.25, 0.3) is 5.91 Å². The fourth-order valence-corrected chi connectivity index (χ4v) is 4.29. The first-order chi connectivity index (χ1) is 16.0. The molecule has 33 heavy (non-hydrogen) atoms. The van der Waals surface area contributed by atoms with Crippen LogP contribution in [0.4, 0.5) is 10.2 Å². The van der Waals surface area contributed by atoms with Gasteiger partial charge in [-0.15, -0.1) is 0 Å². The van der Waals surface area contributed by atoms with Crippen LogP contribution in [0.1, 0.15) is 33.1 Å². The second-order valence-electron chi connectivity index (χ2n) is 7.93. The third-order valence-electron chi connectivity index (χ3n) is 5.83. The summed E-state index contributed by atoms with van der Waals surface area (Å²) in [4.78, 5) is 26.3. The summed E-state index contributed by atoms with van der Waals surface area (Å²) in [6, 6.07) is 23.3. The monoisotopic (exact) mass is 440 g/mol. The van der Waals surface area contributed by atoms with Gasteiger partial charge < -0.3 is 10.6 Å². The molecule has 0 radical (unpaired) electrons. The van der Waals surface area contributed by atoms with Crippen LogP contribution in [0, 0.1) is 12.7 Å². The number of nitrogens with one attached hydrogen (secondary N) is 2. The van der Waals surface area contributed by atoms with Crippen molar-refractivity contribution in [2.45, 2.75) is 18.9 Å². The Balaban J connectivity index is 1.63. The lowest BCUT2D eigenvalue weighted by Crippen LogP contribution is -2.50. The zero-order valence-electron chi connectivity index (χ0n) is 17.8. The third-order valence-corrected chi connectivity index (χ3v) is 5.83. The third kappa shape index (κ3) is 3.78. The van der Waals surface area contributed by atoms with E-state index in [1.165, 1.54) is 12.1 Å². The molecule has 7 heteroatoms. The number of para-hydroxylation sites is 1. The molecule has 3 aromatic carbocycles. The van der Waals surface area contributed by atoms with Crippen molar-refractivity contribution in [1.29, 1.82) is 0 Å². The van der Waals surface area contributed by atoms with Gasteiger partial charge in [0.2, 0.25) is 5.91 Å². The molecule has 2 atom stereocenters. The van der Waals surface area contributed by atoms with E-state index in [4.69, 9.17) is 0 Å². The number of anilines is 1. The van der Waals surface area contributed by atoms with E-state index in [0.29, 0.717) is 22.6 Å². The van der Waals surface area contributed by atoms with Crippen LogP contribution in [0.2, 0.25) is 0 Å². The van der Waals surface area contributed by atoms with E-state index >= 15 is 0 Å². The lowest BCUT2D eigenvalue weighted by atomic mass is 9.82. The highest BCUT2D eigenvalue weighted by Gasteiger charge is 2.41. The van der Waals surface area contributed by atoms with Gasteiger partial charge in [0, 0.05) is 17.0 Å². The summed E-state index contributed by atoms with van der Waals surface area (Å²) >= 11 is 0. The average Bonchev–Trinajstić information content (AvgIpc) is 3.17. The van der Waals surface area contributed by atoms with E-state index in [9.17, 15) is 14.0 Å². The fourth-order valence-electron chi connectivity index (χ4n) is 4.29. The minimum Gasteiger partial charge on any atom is -0.339 e. The van der Waals surface area contributed by atoms with Crippen LogP contribution in [0.3, 0.4) is 0 Å². The van der Waals surface area contributed by atoms with E-state index in [1.807, 2.05) is 43.3 Å². The first-order valence-corrected chi connectivity index (χ1v) is 10.6. The number of fused-ring (bicyclic) bond motifs is 1. The van der Waals surface area contributed by atoms with Crippen molar-refractivity contribution >= 4 is 17.6 Å². The lowest BCUT2D eigenvalue weighted by molar-refractivity contribution is -0.118.